The zero-order valence-electron chi connectivity index (χ0n) is 17.4. The molecular weight excluding hydrogens is 487 g/mol. The van der Waals surface area contributed by atoms with Gasteiger partial charge in [-0.25, -0.2) is 17.2 Å². The maximum Gasteiger partial charge on any atom is 0.501 e. The summed E-state index contributed by atoms with van der Waals surface area (Å²) in [7, 11) is -5.51. The van der Waals surface area contributed by atoms with Crippen molar-refractivity contribution in [2.45, 2.75) is 48.2 Å². The fraction of sp³-hybridized carbons (Fsp3) is 0.421. The van der Waals surface area contributed by atoms with Crippen molar-refractivity contribution in [1.82, 2.24) is 15.1 Å². The quantitative estimate of drug-likeness (QED) is 0.404. The molecule has 1 fully saturated rings. The first-order valence-electron chi connectivity index (χ1n) is 9.96. The van der Waals surface area contributed by atoms with Crippen LogP contribution in [0.1, 0.15) is 35.7 Å². The molecule has 1 heterocycles. The van der Waals surface area contributed by atoms with Gasteiger partial charge in [-0.3, -0.25) is 9.48 Å². The van der Waals surface area contributed by atoms with E-state index < -0.39 is 45.2 Å². The Bertz CT molecular complexity index is 1160. The van der Waals surface area contributed by atoms with Crippen molar-refractivity contribution in [3.8, 4) is 0 Å². The molecule has 0 radical (unpaired) electrons. The van der Waals surface area contributed by atoms with Gasteiger partial charge in [0.25, 0.3) is 22.2 Å². The number of hydrogen-bond donors (Lipinski definition) is 4. The van der Waals surface area contributed by atoms with Crippen molar-refractivity contribution in [2.75, 3.05) is 11.9 Å². The van der Waals surface area contributed by atoms with E-state index in [0.717, 1.165) is 24.3 Å². The second-order valence-corrected chi connectivity index (χ2v) is 9.59. The van der Waals surface area contributed by atoms with E-state index in [1.807, 2.05) is 0 Å². The molecule has 5 N–H and O–H groups in total. The number of rotatable bonds is 8. The first-order valence-corrected chi connectivity index (χ1v) is 11.4. The number of anilines is 2. The number of aromatic nitrogens is 2. The number of sulfone groups is 1. The number of amides is 1. The number of carbonyl (C=O) groups excluding carboxylic acids is 1. The Hall–Kier alpha value is -3.07. The first kappa shape index (κ1) is 25.6. The second-order valence-electron chi connectivity index (χ2n) is 7.65. The summed E-state index contributed by atoms with van der Waals surface area (Å²) in [6.07, 6.45) is -0.0975. The van der Waals surface area contributed by atoms with Gasteiger partial charge in [0.1, 0.15) is 5.56 Å². The minimum Gasteiger partial charge on any atom is -0.365 e. The highest BCUT2D eigenvalue weighted by Gasteiger charge is 2.46. The van der Waals surface area contributed by atoms with Gasteiger partial charge in [0, 0.05) is 30.1 Å². The summed E-state index contributed by atoms with van der Waals surface area (Å²) >= 11 is 0. The van der Waals surface area contributed by atoms with Gasteiger partial charge >= 0.3 is 5.51 Å². The van der Waals surface area contributed by atoms with Crippen LogP contribution in [0.2, 0.25) is 0 Å². The Kier molecular flexibility index (Phi) is 7.26. The number of benzene rings is 1. The molecular formula is C19H21F5N6O3S. The van der Waals surface area contributed by atoms with Crippen molar-refractivity contribution in [2.24, 2.45) is 5.73 Å². The molecule has 2 aromatic rings. The lowest BCUT2D eigenvalue weighted by Gasteiger charge is -2.30. The largest absolute Gasteiger partial charge is 0.501 e. The van der Waals surface area contributed by atoms with Gasteiger partial charge in [-0.05, 0) is 37.1 Å². The summed E-state index contributed by atoms with van der Waals surface area (Å²) in [5.41, 5.74) is 0.245. The average Bonchev–Trinajstić information content (AvgIpc) is 3.15. The molecule has 1 aliphatic rings. The Morgan fingerprint density at radius 2 is 1.88 bits per heavy atom. The highest BCUT2D eigenvalue weighted by atomic mass is 32.2. The minimum absolute atomic E-state index is 0.0373. The second kappa shape index (κ2) is 9.66. The third-order valence-electron chi connectivity index (χ3n) is 5.27. The lowest BCUT2D eigenvalue weighted by atomic mass is 9.89. The minimum atomic E-state index is -5.51. The molecule has 0 spiro atoms. The van der Waals surface area contributed by atoms with Crippen LogP contribution in [-0.2, 0) is 9.84 Å². The molecule has 1 saturated carbocycles. The van der Waals surface area contributed by atoms with Gasteiger partial charge in [-0.2, -0.15) is 18.3 Å². The summed E-state index contributed by atoms with van der Waals surface area (Å²) in [5, 5.41) is 17.9. The van der Waals surface area contributed by atoms with Gasteiger partial charge < -0.3 is 21.8 Å². The highest BCUT2D eigenvalue weighted by Crippen LogP contribution is 2.32. The summed E-state index contributed by atoms with van der Waals surface area (Å²) in [4.78, 5) is 10.9. The predicted octanol–water partition coefficient (Wildman–Crippen LogP) is 2.99. The monoisotopic (exact) mass is 508 g/mol. The van der Waals surface area contributed by atoms with E-state index in [0.29, 0.717) is 12.8 Å². The average molecular weight is 508 g/mol. The summed E-state index contributed by atoms with van der Waals surface area (Å²) in [5.74, 6) is -0.895. The zero-order valence-corrected chi connectivity index (χ0v) is 18.3. The molecule has 15 heteroatoms. The third kappa shape index (κ3) is 5.52. The van der Waals surface area contributed by atoms with Gasteiger partial charge in [0.15, 0.2) is 5.82 Å². The number of primary amides is 1. The smallest absolute Gasteiger partial charge is 0.365 e. The van der Waals surface area contributed by atoms with Crippen LogP contribution in [0.4, 0.5) is 33.5 Å². The highest BCUT2D eigenvalue weighted by molar-refractivity contribution is 7.92. The molecule has 1 amide bonds. The van der Waals surface area contributed by atoms with Gasteiger partial charge in [-0.1, -0.05) is 0 Å². The molecule has 0 aliphatic heterocycles. The van der Waals surface area contributed by atoms with E-state index in [1.165, 1.54) is 10.9 Å². The molecule has 0 unspecified atom stereocenters. The first-order chi connectivity index (χ1) is 15.8. The lowest BCUT2D eigenvalue weighted by Crippen LogP contribution is -2.40. The molecule has 0 saturated heterocycles. The SMILES string of the molecule is N=C1C[C@@H](NCC(F)F)CC[C@@H]1n1cc(C(N)=O)c(Nc2ccc(S(=O)(=O)C(F)(F)F)cc2)n1. The maximum atomic E-state index is 12.7. The van der Waals surface area contributed by atoms with Crippen molar-refractivity contribution in [3.63, 3.8) is 0 Å². The van der Waals surface area contributed by atoms with Crippen LogP contribution >= 0.6 is 0 Å². The van der Waals surface area contributed by atoms with Crippen molar-refractivity contribution < 1.29 is 35.2 Å². The summed E-state index contributed by atoms with van der Waals surface area (Å²) < 4.78 is 87.2. The standard InChI is InChI=1S/C19H21F5N6O3S/c20-16(21)8-27-11-3-6-15(14(25)7-11)30-9-13(17(26)31)18(29-30)28-10-1-4-12(5-2-10)34(32,33)19(22,23)24/h1-2,4-5,9,11,15-16,25,27H,3,6-8H2,(H2,26,31)(H,28,29)/t11-,15-/m0/s1. The molecule has 34 heavy (non-hydrogen) atoms. The van der Waals surface area contributed by atoms with Gasteiger partial charge in [0.05, 0.1) is 17.5 Å². The van der Waals surface area contributed by atoms with E-state index in [4.69, 9.17) is 11.1 Å². The summed E-state index contributed by atoms with van der Waals surface area (Å²) in [6, 6.07) is 2.84. The zero-order chi connectivity index (χ0) is 25.3. The lowest BCUT2D eigenvalue weighted by molar-refractivity contribution is -0.0436. The van der Waals surface area contributed by atoms with E-state index in [9.17, 15) is 35.2 Å². The number of carbonyl (C=O) groups is 1. The molecule has 9 nitrogen and oxygen atoms in total. The van der Waals surface area contributed by atoms with Crippen LogP contribution in [0.15, 0.2) is 35.4 Å². The van der Waals surface area contributed by atoms with Crippen LogP contribution < -0.4 is 16.4 Å². The Morgan fingerprint density at radius 1 is 1.24 bits per heavy atom. The molecule has 2 atom stereocenters. The van der Waals surface area contributed by atoms with Crippen LogP contribution in [0.5, 0.6) is 0 Å². The molecule has 186 valence electrons. The number of nitrogens with two attached hydrogens (primary N) is 1. The normalized spacial score (nSPS) is 19.4. The van der Waals surface area contributed by atoms with Gasteiger partial charge in [-0.15, -0.1) is 0 Å². The Labute approximate surface area is 190 Å². The van der Waals surface area contributed by atoms with E-state index in [-0.39, 0.29) is 35.2 Å². The molecule has 1 aromatic heterocycles. The van der Waals surface area contributed by atoms with E-state index >= 15 is 0 Å². The van der Waals surface area contributed by atoms with Gasteiger partial charge in [0.2, 0.25) is 0 Å². The third-order valence-corrected chi connectivity index (χ3v) is 6.77. The molecule has 1 aliphatic carbocycles. The van der Waals surface area contributed by atoms with Crippen molar-refractivity contribution in [1.29, 1.82) is 5.41 Å². The number of nitrogens with zero attached hydrogens (tertiary/aromatic N) is 2. The molecule has 0 bridgehead atoms. The Morgan fingerprint density at radius 3 is 2.41 bits per heavy atom. The number of hydrogen-bond acceptors (Lipinski definition) is 7. The fourth-order valence-corrected chi connectivity index (χ4v) is 4.33. The molecule has 3 rings (SSSR count). The number of nitrogens with one attached hydrogen (secondary N) is 3. The number of halogens is 5. The number of alkyl halides is 5. The van der Waals surface area contributed by atoms with E-state index in [1.54, 1.807) is 0 Å². The van der Waals surface area contributed by atoms with Crippen LogP contribution in [0, 0.1) is 5.41 Å². The maximum absolute atomic E-state index is 12.7. The fourth-order valence-electron chi connectivity index (χ4n) is 3.57. The van der Waals surface area contributed by atoms with Crippen LogP contribution in [0.25, 0.3) is 0 Å². The predicted molar refractivity (Wildman–Crippen MR) is 112 cm³/mol. The van der Waals surface area contributed by atoms with E-state index in [2.05, 4.69) is 15.7 Å². The van der Waals surface area contributed by atoms with Crippen molar-refractivity contribution >= 4 is 33.0 Å². The Balaban J connectivity index is 1.78. The molecule has 1 aromatic carbocycles. The van der Waals surface area contributed by atoms with Crippen LogP contribution in [0.3, 0.4) is 0 Å². The summed E-state index contributed by atoms with van der Waals surface area (Å²) in [6.45, 7) is -0.479. The van der Waals surface area contributed by atoms with Crippen LogP contribution in [-0.4, -0.2) is 54.3 Å². The topological polar surface area (TPSA) is 143 Å². The van der Waals surface area contributed by atoms with Crippen molar-refractivity contribution in [3.05, 3.63) is 36.0 Å².